The highest BCUT2D eigenvalue weighted by atomic mass is 16.5. The number of hydrogen-bond acceptors (Lipinski definition) is 6. The molecule has 0 aliphatic heterocycles. The molecule has 0 bridgehead atoms. The van der Waals surface area contributed by atoms with Crippen LogP contribution in [-0.2, 0) is 0 Å². The van der Waals surface area contributed by atoms with Gasteiger partial charge < -0.3 is 20.2 Å². The lowest BCUT2D eigenvalue weighted by Crippen LogP contribution is -2.47. The zero-order valence-electron chi connectivity index (χ0n) is 25.0. The number of rotatable bonds is 12. The molecule has 0 fully saturated rings. The van der Waals surface area contributed by atoms with E-state index in [1.165, 1.54) is 0 Å². The van der Waals surface area contributed by atoms with E-state index in [0.717, 1.165) is 33.6 Å². The van der Waals surface area contributed by atoms with Crippen LogP contribution in [-0.4, -0.2) is 57.0 Å². The molecule has 0 heterocycles. The second kappa shape index (κ2) is 13.3. The van der Waals surface area contributed by atoms with Crippen molar-refractivity contribution in [3.05, 3.63) is 76.5 Å². The maximum atomic E-state index is 11.0. The van der Waals surface area contributed by atoms with E-state index in [9.17, 15) is 15.3 Å². The summed E-state index contributed by atoms with van der Waals surface area (Å²) in [4.78, 5) is 1.91. The van der Waals surface area contributed by atoms with Crippen LogP contribution in [0, 0.1) is 17.8 Å². The van der Waals surface area contributed by atoms with Gasteiger partial charge in [0, 0.05) is 29.6 Å². The third kappa shape index (κ3) is 9.54. The van der Waals surface area contributed by atoms with Gasteiger partial charge in [0.25, 0.3) is 0 Å². The van der Waals surface area contributed by atoms with Crippen molar-refractivity contribution in [2.45, 2.75) is 79.6 Å². The molecule has 1 aromatic carbocycles. The Kier molecular flexibility index (Phi) is 10.9. The summed E-state index contributed by atoms with van der Waals surface area (Å²) in [6.07, 6.45) is 14.8. The van der Waals surface area contributed by atoms with E-state index in [2.05, 4.69) is 66.7 Å². The fourth-order valence-corrected chi connectivity index (χ4v) is 5.33. The van der Waals surface area contributed by atoms with Crippen molar-refractivity contribution in [3.63, 3.8) is 0 Å². The minimum Gasteiger partial charge on any atom is -0.384 e. The highest BCUT2D eigenvalue weighted by Gasteiger charge is 2.33. The summed E-state index contributed by atoms with van der Waals surface area (Å²) in [5.74, 6) is 0.658. The van der Waals surface area contributed by atoms with Crippen LogP contribution in [0.4, 0.5) is 0 Å². The fourth-order valence-electron chi connectivity index (χ4n) is 5.33. The number of nitrogens with zero attached hydrogens (tertiary/aromatic N) is 2. The van der Waals surface area contributed by atoms with Crippen LogP contribution in [0.3, 0.4) is 0 Å². The number of aliphatic hydroxyl groups is 3. The fraction of sp³-hybridized carbons (Fsp3) is 0.485. The SMILES string of the molecule is C#CCN/N=C(\C)c1ccccc1C1=CC(C)(C)C=C(CN(CC(O)(O)CCC)C(=C(C)C)C(C)(C)O)C=C1. The zero-order valence-corrected chi connectivity index (χ0v) is 25.0. The average Bonchev–Trinajstić information content (AvgIpc) is 2.94. The minimum atomic E-state index is -1.88. The van der Waals surface area contributed by atoms with Gasteiger partial charge in [-0.1, -0.05) is 87.3 Å². The lowest BCUT2D eigenvalue weighted by molar-refractivity contribution is -0.176. The molecule has 6 heteroatoms. The predicted octanol–water partition coefficient (Wildman–Crippen LogP) is 5.39. The Bertz CT molecular complexity index is 1200. The summed E-state index contributed by atoms with van der Waals surface area (Å²) in [5.41, 5.74) is 8.07. The molecule has 0 aromatic heterocycles. The smallest absolute Gasteiger partial charge is 0.180 e. The summed E-state index contributed by atoms with van der Waals surface area (Å²) >= 11 is 0. The standard InChI is InChI=1S/C33H47N3O3/c1-10-18-33(38,39)23-36(30(24(3)4)32(8,9)37)22-26-16-17-27(21-31(6,7)20-26)29-15-13-12-14-28(29)25(5)35-34-19-11-2/h2,12-17,20-21,34,37-39H,10,18-19,22-23H2,1,3-9H3/b35-25+. The van der Waals surface area contributed by atoms with E-state index in [-0.39, 0.29) is 18.4 Å². The average molecular weight is 534 g/mol. The Morgan fingerprint density at radius 3 is 2.33 bits per heavy atom. The third-order valence-electron chi connectivity index (χ3n) is 6.45. The molecule has 2 rings (SSSR count). The van der Waals surface area contributed by atoms with Crippen molar-refractivity contribution in [2.75, 3.05) is 19.6 Å². The first kappa shape index (κ1) is 32.1. The van der Waals surface area contributed by atoms with Gasteiger partial charge in [-0.25, -0.2) is 0 Å². The number of benzene rings is 1. The third-order valence-corrected chi connectivity index (χ3v) is 6.45. The monoisotopic (exact) mass is 533 g/mol. The van der Waals surface area contributed by atoms with Crippen LogP contribution in [0.25, 0.3) is 5.57 Å². The van der Waals surface area contributed by atoms with E-state index < -0.39 is 11.4 Å². The number of hydrazone groups is 1. The van der Waals surface area contributed by atoms with Gasteiger partial charge in [-0.2, -0.15) is 5.10 Å². The van der Waals surface area contributed by atoms with Gasteiger partial charge in [0.15, 0.2) is 5.79 Å². The normalized spacial score (nSPS) is 15.6. The van der Waals surface area contributed by atoms with Crippen molar-refractivity contribution < 1.29 is 15.3 Å². The quantitative estimate of drug-likeness (QED) is 0.0952. The zero-order chi connectivity index (χ0) is 29.4. The van der Waals surface area contributed by atoms with E-state index in [1.54, 1.807) is 13.8 Å². The van der Waals surface area contributed by atoms with Gasteiger partial charge in [0.1, 0.15) is 0 Å². The maximum Gasteiger partial charge on any atom is 0.180 e. The number of terminal acetylenes is 1. The number of allylic oxidation sites excluding steroid dienone is 5. The molecule has 6 nitrogen and oxygen atoms in total. The summed E-state index contributed by atoms with van der Waals surface area (Å²) in [5, 5.41) is 37.0. The van der Waals surface area contributed by atoms with Crippen LogP contribution >= 0.6 is 0 Å². The van der Waals surface area contributed by atoms with Gasteiger partial charge >= 0.3 is 0 Å². The van der Waals surface area contributed by atoms with Crippen molar-refractivity contribution in [2.24, 2.45) is 10.5 Å². The van der Waals surface area contributed by atoms with Crippen LogP contribution in [0.1, 0.15) is 79.4 Å². The van der Waals surface area contributed by atoms with Crippen molar-refractivity contribution in [1.29, 1.82) is 0 Å². The Hall–Kier alpha value is -3.11. The van der Waals surface area contributed by atoms with E-state index in [0.29, 0.717) is 25.2 Å². The van der Waals surface area contributed by atoms with Gasteiger partial charge in [-0.05, 0) is 51.3 Å². The predicted molar refractivity (Wildman–Crippen MR) is 163 cm³/mol. The summed E-state index contributed by atoms with van der Waals surface area (Å²) in [6.45, 7) is 16.3. The molecule has 0 spiro atoms. The molecule has 39 heavy (non-hydrogen) atoms. The largest absolute Gasteiger partial charge is 0.384 e. The molecule has 1 aliphatic carbocycles. The van der Waals surface area contributed by atoms with E-state index in [1.807, 2.05) is 44.7 Å². The Morgan fingerprint density at radius 2 is 1.74 bits per heavy atom. The van der Waals surface area contributed by atoms with Crippen LogP contribution < -0.4 is 5.43 Å². The molecule has 212 valence electrons. The summed E-state index contributed by atoms with van der Waals surface area (Å²) in [7, 11) is 0. The Labute approximate surface area is 235 Å². The molecule has 0 unspecified atom stereocenters. The molecule has 0 saturated carbocycles. The Balaban J connectivity index is 2.52. The number of hydrogen-bond donors (Lipinski definition) is 4. The molecular formula is C33H47N3O3. The van der Waals surface area contributed by atoms with Gasteiger partial charge in [0.05, 0.1) is 24.4 Å². The summed E-state index contributed by atoms with van der Waals surface area (Å²) in [6, 6.07) is 8.15. The van der Waals surface area contributed by atoms with Gasteiger partial charge in [0.2, 0.25) is 0 Å². The molecule has 4 N–H and O–H groups in total. The maximum absolute atomic E-state index is 11.0. The minimum absolute atomic E-state index is 0.0135. The van der Waals surface area contributed by atoms with E-state index >= 15 is 0 Å². The first-order valence-electron chi connectivity index (χ1n) is 13.6. The van der Waals surface area contributed by atoms with E-state index in [4.69, 9.17) is 6.42 Å². The van der Waals surface area contributed by atoms with Gasteiger partial charge in [-0.3, -0.25) is 5.43 Å². The van der Waals surface area contributed by atoms with Crippen molar-refractivity contribution in [1.82, 2.24) is 10.3 Å². The Morgan fingerprint density at radius 1 is 1.08 bits per heavy atom. The van der Waals surface area contributed by atoms with Crippen molar-refractivity contribution in [3.8, 4) is 12.3 Å². The van der Waals surface area contributed by atoms with Gasteiger partial charge in [-0.15, -0.1) is 6.42 Å². The van der Waals surface area contributed by atoms with Crippen molar-refractivity contribution >= 4 is 11.3 Å². The number of nitrogens with one attached hydrogen (secondary N) is 1. The first-order valence-corrected chi connectivity index (χ1v) is 13.6. The highest BCUT2D eigenvalue weighted by molar-refractivity contribution is 6.03. The highest BCUT2D eigenvalue weighted by Crippen LogP contribution is 2.34. The molecule has 0 saturated heterocycles. The lowest BCUT2D eigenvalue weighted by atomic mass is 9.87. The second-order valence-electron chi connectivity index (χ2n) is 11.8. The summed E-state index contributed by atoms with van der Waals surface area (Å²) < 4.78 is 0. The van der Waals surface area contributed by atoms with Crippen LogP contribution in [0.15, 0.2) is 70.5 Å². The molecule has 1 aromatic rings. The molecule has 0 atom stereocenters. The van der Waals surface area contributed by atoms with Crippen LogP contribution in [0.5, 0.6) is 0 Å². The lowest BCUT2D eigenvalue weighted by Gasteiger charge is -2.39. The molecule has 1 aliphatic rings. The topological polar surface area (TPSA) is 88.3 Å². The molecular weight excluding hydrogens is 486 g/mol. The molecule has 0 radical (unpaired) electrons. The van der Waals surface area contributed by atoms with Crippen LogP contribution in [0.2, 0.25) is 0 Å². The molecule has 0 amide bonds. The second-order valence-corrected chi connectivity index (χ2v) is 11.8. The first-order chi connectivity index (χ1) is 18.1.